The zero-order valence-corrected chi connectivity index (χ0v) is 25.6. The summed E-state index contributed by atoms with van der Waals surface area (Å²) >= 11 is 0. The van der Waals surface area contributed by atoms with Gasteiger partial charge in [0.05, 0.1) is 11.9 Å². The third-order valence-corrected chi connectivity index (χ3v) is 6.11. The summed E-state index contributed by atoms with van der Waals surface area (Å²) < 4.78 is 0. The van der Waals surface area contributed by atoms with Crippen LogP contribution in [0.2, 0.25) is 0 Å². The van der Waals surface area contributed by atoms with Gasteiger partial charge in [-0.15, -0.1) is 0 Å². The van der Waals surface area contributed by atoms with E-state index >= 15 is 0 Å². The van der Waals surface area contributed by atoms with Gasteiger partial charge in [0.15, 0.2) is 0 Å². The van der Waals surface area contributed by atoms with Gasteiger partial charge < -0.3 is 19.8 Å². The van der Waals surface area contributed by atoms with Gasteiger partial charge in [0.1, 0.15) is 0 Å². The molecule has 0 radical (unpaired) electrons. The van der Waals surface area contributed by atoms with Crippen molar-refractivity contribution >= 4 is 11.9 Å². The van der Waals surface area contributed by atoms with Crippen molar-refractivity contribution in [1.82, 2.24) is 0 Å². The molecule has 0 spiro atoms. The van der Waals surface area contributed by atoms with Crippen LogP contribution in [0.5, 0.6) is 0 Å². The number of carbonyl (C=O) groups excluding carboxylic acids is 2. The fraction of sp³-hybridized carbons (Fsp3) is 0.704. The minimum Gasteiger partial charge on any atom is -0.545 e. The van der Waals surface area contributed by atoms with E-state index in [1.54, 1.807) is 0 Å². The Labute approximate surface area is 246 Å². The average Bonchev–Trinajstić information content (AvgIpc) is 2.75. The van der Waals surface area contributed by atoms with Crippen LogP contribution in [0.1, 0.15) is 142 Å². The Balaban J connectivity index is 0. The SMILES string of the molecule is CCCCCCCCCCCCCCCCCCCc1cc(C(=O)[O-])ccc1C(=O)[O-].[Na+].[Na+]. The minimum absolute atomic E-state index is 0. The van der Waals surface area contributed by atoms with Crippen molar-refractivity contribution in [2.75, 3.05) is 0 Å². The van der Waals surface area contributed by atoms with Gasteiger partial charge in [-0.2, -0.15) is 0 Å². The van der Waals surface area contributed by atoms with Crippen LogP contribution in [-0.4, -0.2) is 11.9 Å². The molecule has 0 N–H and O–H groups in total. The molecule has 0 aromatic heterocycles. The molecule has 1 rings (SSSR count). The molecular formula is C27H42Na2O4. The van der Waals surface area contributed by atoms with Gasteiger partial charge >= 0.3 is 59.1 Å². The van der Waals surface area contributed by atoms with Crippen LogP contribution < -0.4 is 69.3 Å². The molecule has 33 heavy (non-hydrogen) atoms. The Morgan fingerprint density at radius 3 is 1.36 bits per heavy atom. The number of carbonyl (C=O) groups is 2. The van der Waals surface area contributed by atoms with Gasteiger partial charge in [0, 0.05) is 5.56 Å². The maximum atomic E-state index is 11.2. The van der Waals surface area contributed by atoms with E-state index in [1.165, 1.54) is 108 Å². The molecule has 6 heteroatoms. The Hall–Kier alpha value is 0.160. The molecule has 0 saturated carbocycles. The predicted molar refractivity (Wildman–Crippen MR) is 123 cm³/mol. The molecule has 0 aliphatic carbocycles. The first kappa shape index (κ1) is 35.3. The first-order chi connectivity index (χ1) is 15.1. The summed E-state index contributed by atoms with van der Waals surface area (Å²) in [6, 6.07) is 3.98. The van der Waals surface area contributed by atoms with E-state index in [4.69, 9.17) is 0 Å². The van der Waals surface area contributed by atoms with Crippen molar-refractivity contribution in [3.05, 3.63) is 34.9 Å². The van der Waals surface area contributed by atoms with Gasteiger partial charge in [0.2, 0.25) is 0 Å². The van der Waals surface area contributed by atoms with Gasteiger partial charge in [-0.05, 0) is 30.0 Å². The quantitative estimate of drug-likeness (QED) is 0.190. The summed E-state index contributed by atoms with van der Waals surface area (Å²) in [6.07, 6.45) is 22.6. The molecular weight excluding hydrogens is 434 g/mol. The Morgan fingerprint density at radius 1 is 0.606 bits per heavy atom. The number of carboxylic acid groups (broad SMARTS) is 2. The maximum absolute atomic E-state index is 11.2. The summed E-state index contributed by atoms with van der Waals surface area (Å²) in [7, 11) is 0. The van der Waals surface area contributed by atoms with Crippen LogP contribution in [-0.2, 0) is 6.42 Å². The zero-order chi connectivity index (χ0) is 22.7. The summed E-state index contributed by atoms with van der Waals surface area (Å²) in [5.74, 6) is -2.54. The monoisotopic (exact) mass is 476 g/mol. The molecule has 0 heterocycles. The molecule has 0 aliphatic heterocycles. The number of aryl methyl sites for hydroxylation is 1. The normalized spacial score (nSPS) is 10.3. The van der Waals surface area contributed by atoms with E-state index in [2.05, 4.69) is 6.92 Å². The molecule has 0 unspecified atom stereocenters. The van der Waals surface area contributed by atoms with Gasteiger partial charge in [0.25, 0.3) is 0 Å². The largest absolute Gasteiger partial charge is 1.00 e. The van der Waals surface area contributed by atoms with E-state index in [1.807, 2.05) is 0 Å². The first-order valence-electron chi connectivity index (χ1n) is 12.6. The van der Waals surface area contributed by atoms with Crippen LogP contribution in [0.15, 0.2) is 18.2 Å². The molecule has 4 nitrogen and oxygen atoms in total. The molecule has 176 valence electrons. The van der Waals surface area contributed by atoms with E-state index in [0.717, 1.165) is 19.3 Å². The molecule has 0 amide bonds. The number of benzene rings is 1. The van der Waals surface area contributed by atoms with Crippen LogP contribution >= 0.6 is 0 Å². The van der Waals surface area contributed by atoms with Crippen molar-refractivity contribution in [3.8, 4) is 0 Å². The van der Waals surface area contributed by atoms with Crippen LogP contribution in [0.25, 0.3) is 0 Å². The van der Waals surface area contributed by atoms with E-state index < -0.39 is 11.9 Å². The Kier molecular flexibility index (Phi) is 25.6. The second-order valence-corrected chi connectivity index (χ2v) is 8.85. The molecule has 0 bridgehead atoms. The predicted octanol–water partition coefficient (Wildman–Crippen LogP) is -0.384. The van der Waals surface area contributed by atoms with Crippen molar-refractivity contribution < 1.29 is 78.9 Å². The summed E-state index contributed by atoms with van der Waals surface area (Å²) in [5.41, 5.74) is 0.635. The fourth-order valence-electron chi connectivity index (χ4n) is 4.17. The van der Waals surface area contributed by atoms with Crippen molar-refractivity contribution in [2.45, 2.75) is 122 Å². The molecule has 0 atom stereocenters. The molecule has 0 aliphatic rings. The summed E-state index contributed by atoms with van der Waals surface area (Å²) in [4.78, 5) is 22.2. The van der Waals surface area contributed by atoms with Crippen molar-refractivity contribution in [1.29, 1.82) is 0 Å². The number of carboxylic acids is 2. The van der Waals surface area contributed by atoms with Crippen LogP contribution in [0.3, 0.4) is 0 Å². The summed E-state index contributed by atoms with van der Waals surface area (Å²) in [5, 5.41) is 22.2. The maximum Gasteiger partial charge on any atom is 1.00 e. The first-order valence-corrected chi connectivity index (χ1v) is 12.6. The second-order valence-electron chi connectivity index (χ2n) is 8.85. The standard InChI is InChI=1S/C27H44O4.2Na/c1-2-3-4-5-6-7-8-9-10-11-12-13-14-15-16-17-18-19-23-22-24(26(28)29)20-21-25(23)27(30)31;;/h20-22H,2-19H2,1H3,(H,28,29)(H,30,31);;/q;2*+1/p-2. The van der Waals surface area contributed by atoms with E-state index in [9.17, 15) is 19.8 Å². The molecule has 1 aromatic carbocycles. The fourth-order valence-corrected chi connectivity index (χ4v) is 4.17. The van der Waals surface area contributed by atoms with Gasteiger partial charge in [-0.3, -0.25) is 0 Å². The van der Waals surface area contributed by atoms with Gasteiger partial charge in [-0.25, -0.2) is 0 Å². The van der Waals surface area contributed by atoms with Crippen molar-refractivity contribution in [2.24, 2.45) is 0 Å². The number of hydrogen-bond donors (Lipinski definition) is 0. The summed E-state index contributed by atoms with van der Waals surface area (Å²) in [6.45, 7) is 2.26. The van der Waals surface area contributed by atoms with Crippen LogP contribution in [0, 0.1) is 0 Å². The smallest absolute Gasteiger partial charge is 0.545 e. The van der Waals surface area contributed by atoms with Crippen LogP contribution in [0.4, 0.5) is 0 Å². The molecule has 1 aromatic rings. The third kappa shape index (κ3) is 18.1. The Morgan fingerprint density at radius 2 is 1.00 bits per heavy atom. The zero-order valence-electron chi connectivity index (χ0n) is 21.6. The molecule has 0 fully saturated rings. The van der Waals surface area contributed by atoms with Gasteiger partial charge in [-0.1, -0.05) is 122 Å². The second kappa shape index (κ2) is 23.9. The number of aromatic carboxylic acids is 2. The average molecular weight is 477 g/mol. The molecule has 0 saturated heterocycles. The minimum atomic E-state index is -1.28. The van der Waals surface area contributed by atoms with Crippen molar-refractivity contribution in [3.63, 3.8) is 0 Å². The number of rotatable bonds is 20. The third-order valence-electron chi connectivity index (χ3n) is 6.11. The topological polar surface area (TPSA) is 80.3 Å². The van der Waals surface area contributed by atoms with E-state index in [-0.39, 0.29) is 70.2 Å². The Bertz CT molecular complexity index is 635. The number of unbranched alkanes of at least 4 members (excludes halogenated alkanes) is 16. The number of hydrogen-bond acceptors (Lipinski definition) is 4. The van der Waals surface area contributed by atoms with E-state index in [0.29, 0.717) is 12.0 Å².